The number of carboxylic acids is 1. The van der Waals surface area contributed by atoms with Crippen molar-refractivity contribution >= 4 is 5.97 Å². The van der Waals surface area contributed by atoms with Crippen molar-refractivity contribution < 1.29 is 14.6 Å². The molecular weight excluding hydrogens is 266 g/mol. The molecule has 0 atom stereocenters. The summed E-state index contributed by atoms with van der Waals surface area (Å²) in [6.45, 7) is 4.55. The lowest BCUT2D eigenvalue weighted by molar-refractivity contribution is -0.138. The molecule has 0 unspecified atom stereocenters. The van der Waals surface area contributed by atoms with Gasteiger partial charge in [-0.3, -0.25) is 9.69 Å². The van der Waals surface area contributed by atoms with Gasteiger partial charge in [-0.2, -0.15) is 0 Å². The lowest BCUT2D eigenvalue weighted by Crippen LogP contribution is -2.33. The number of carbonyl (C=O) groups is 1. The van der Waals surface area contributed by atoms with E-state index in [1.165, 1.54) is 57.8 Å². The second-order valence-electron chi connectivity index (χ2n) is 5.84. The largest absolute Gasteiger partial charge is 0.480 e. The fourth-order valence-electron chi connectivity index (χ4n) is 2.50. The lowest BCUT2D eigenvalue weighted by atomic mass is 10.1. The number of methoxy groups -OCH3 is 1. The van der Waals surface area contributed by atoms with E-state index in [-0.39, 0.29) is 6.54 Å². The van der Waals surface area contributed by atoms with Crippen LogP contribution in [0.3, 0.4) is 0 Å². The summed E-state index contributed by atoms with van der Waals surface area (Å²) >= 11 is 0. The Bertz CT molecular complexity index is 234. The summed E-state index contributed by atoms with van der Waals surface area (Å²) in [6.07, 6.45) is 13.1. The molecule has 0 aliphatic heterocycles. The summed E-state index contributed by atoms with van der Waals surface area (Å²) in [5.41, 5.74) is 0. The molecule has 0 rings (SSSR count). The maximum absolute atomic E-state index is 10.8. The van der Waals surface area contributed by atoms with Gasteiger partial charge >= 0.3 is 5.97 Å². The molecule has 0 aromatic carbocycles. The highest BCUT2D eigenvalue weighted by molar-refractivity contribution is 5.69. The molecule has 1 N–H and O–H groups in total. The molecule has 0 heterocycles. The van der Waals surface area contributed by atoms with Crippen molar-refractivity contribution in [2.75, 3.05) is 33.4 Å². The molecule has 0 saturated carbocycles. The van der Waals surface area contributed by atoms with Crippen LogP contribution in [0.15, 0.2) is 0 Å². The van der Waals surface area contributed by atoms with Crippen molar-refractivity contribution in [3.63, 3.8) is 0 Å². The first-order valence-corrected chi connectivity index (χ1v) is 8.63. The standard InChI is InChI=1S/C17H35NO3/c1-3-4-5-6-7-8-9-10-11-12-13-18(14-15-21-2)16-17(19)20/h3-16H2,1-2H3,(H,19,20). The Labute approximate surface area is 130 Å². The van der Waals surface area contributed by atoms with E-state index in [4.69, 9.17) is 9.84 Å². The van der Waals surface area contributed by atoms with Crippen molar-refractivity contribution in [1.82, 2.24) is 4.90 Å². The summed E-state index contributed by atoms with van der Waals surface area (Å²) in [5, 5.41) is 8.86. The summed E-state index contributed by atoms with van der Waals surface area (Å²) in [5.74, 6) is -0.752. The maximum Gasteiger partial charge on any atom is 0.317 e. The molecule has 0 bridgehead atoms. The minimum absolute atomic E-state index is 0.126. The molecular formula is C17H35NO3. The molecule has 0 aliphatic carbocycles. The quantitative estimate of drug-likeness (QED) is 0.439. The van der Waals surface area contributed by atoms with Crippen LogP contribution in [0.4, 0.5) is 0 Å². The second kappa shape index (κ2) is 15.8. The Morgan fingerprint density at radius 1 is 0.905 bits per heavy atom. The van der Waals surface area contributed by atoms with Gasteiger partial charge < -0.3 is 9.84 Å². The van der Waals surface area contributed by atoms with Crippen molar-refractivity contribution in [2.45, 2.75) is 71.1 Å². The average Bonchev–Trinajstić information content (AvgIpc) is 2.46. The number of rotatable bonds is 16. The summed E-state index contributed by atoms with van der Waals surface area (Å²) in [7, 11) is 1.65. The summed E-state index contributed by atoms with van der Waals surface area (Å²) < 4.78 is 5.02. The molecule has 0 radical (unpaired) electrons. The number of hydrogen-bond donors (Lipinski definition) is 1. The normalized spacial score (nSPS) is 11.2. The Kier molecular flexibility index (Phi) is 15.3. The van der Waals surface area contributed by atoms with Crippen LogP contribution >= 0.6 is 0 Å². The third kappa shape index (κ3) is 15.6. The Balaban J connectivity index is 3.42. The zero-order valence-corrected chi connectivity index (χ0v) is 14.1. The molecule has 0 spiro atoms. The van der Waals surface area contributed by atoms with Gasteiger partial charge in [0.1, 0.15) is 0 Å². The van der Waals surface area contributed by atoms with Gasteiger partial charge in [-0.05, 0) is 13.0 Å². The number of nitrogens with zero attached hydrogens (tertiary/aromatic N) is 1. The van der Waals surface area contributed by atoms with Gasteiger partial charge in [0.15, 0.2) is 0 Å². The Hall–Kier alpha value is -0.610. The predicted molar refractivity (Wildman–Crippen MR) is 87.8 cm³/mol. The number of aliphatic carboxylic acids is 1. The highest BCUT2D eigenvalue weighted by Gasteiger charge is 2.08. The van der Waals surface area contributed by atoms with E-state index >= 15 is 0 Å². The van der Waals surface area contributed by atoms with Crippen molar-refractivity contribution in [3.05, 3.63) is 0 Å². The predicted octanol–water partition coefficient (Wildman–Crippen LogP) is 3.94. The Morgan fingerprint density at radius 2 is 1.43 bits per heavy atom. The molecule has 4 heteroatoms. The van der Waals surface area contributed by atoms with E-state index in [1.54, 1.807) is 7.11 Å². The highest BCUT2D eigenvalue weighted by atomic mass is 16.5. The van der Waals surface area contributed by atoms with Crippen LogP contribution in [0, 0.1) is 0 Å². The minimum atomic E-state index is -0.752. The zero-order chi connectivity index (χ0) is 15.8. The number of unbranched alkanes of at least 4 members (excludes halogenated alkanes) is 9. The van der Waals surface area contributed by atoms with Crippen LogP contribution in [0.1, 0.15) is 71.1 Å². The first kappa shape index (κ1) is 20.4. The summed E-state index contributed by atoms with van der Waals surface area (Å²) in [4.78, 5) is 12.7. The van der Waals surface area contributed by atoms with Gasteiger partial charge in [-0.15, -0.1) is 0 Å². The monoisotopic (exact) mass is 301 g/mol. The number of ether oxygens (including phenoxy) is 1. The van der Waals surface area contributed by atoms with Gasteiger partial charge in [-0.25, -0.2) is 0 Å². The molecule has 0 amide bonds. The molecule has 0 aromatic heterocycles. The van der Waals surface area contributed by atoms with Crippen LogP contribution in [0.2, 0.25) is 0 Å². The van der Waals surface area contributed by atoms with E-state index in [0.717, 1.165) is 13.0 Å². The Morgan fingerprint density at radius 3 is 1.90 bits per heavy atom. The fourth-order valence-corrected chi connectivity index (χ4v) is 2.50. The van der Waals surface area contributed by atoms with Crippen LogP contribution in [-0.2, 0) is 9.53 Å². The molecule has 126 valence electrons. The number of hydrogen-bond acceptors (Lipinski definition) is 3. The van der Waals surface area contributed by atoms with E-state index in [2.05, 4.69) is 6.92 Å². The smallest absolute Gasteiger partial charge is 0.317 e. The average molecular weight is 301 g/mol. The first-order valence-electron chi connectivity index (χ1n) is 8.63. The third-order valence-corrected chi connectivity index (χ3v) is 3.80. The highest BCUT2D eigenvalue weighted by Crippen LogP contribution is 2.10. The SMILES string of the molecule is CCCCCCCCCCCCN(CCOC)CC(=O)O. The maximum atomic E-state index is 10.8. The van der Waals surface area contributed by atoms with Gasteiger partial charge in [0.2, 0.25) is 0 Å². The molecule has 0 fully saturated rings. The van der Waals surface area contributed by atoms with Crippen LogP contribution in [0.5, 0.6) is 0 Å². The first-order chi connectivity index (χ1) is 10.2. The summed E-state index contributed by atoms with van der Waals surface area (Å²) in [6, 6.07) is 0. The van der Waals surface area contributed by atoms with Crippen LogP contribution in [0.25, 0.3) is 0 Å². The topological polar surface area (TPSA) is 49.8 Å². The van der Waals surface area contributed by atoms with E-state index in [9.17, 15) is 4.79 Å². The van der Waals surface area contributed by atoms with Gasteiger partial charge in [0.05, 0.1) is 13.2 Å². The molecule has 0 aliphatic rings. The van der Waals surface area contributed by atoms with Crippen LogP contribution < -0.4 is 0 Å². The van der Waals surface area contributed by atoms with E-state index in [1.807, 2.05) is 4.90 Å². The molecule has 4 nitrogen and oxygen atoms in total. The minimum Gasteiger partial charge on any atom is -0.480 e. The van der Waals surface area contributed by atoms with Crippen molar-refractivity contribution in [2.24, 2.45) is 0 Å². The molecule has 0 aromatic rings. The fraction of sp³-hybridized carbons (Fsp3) is 0.941. The van der Waals surface area contributed by atoms with Gasteiger partial charge in [0.25, 0.3) is 0 Å². The van der Waals surface area contributed by atoms with Gasteiger partial charge in [-0.1, -0.05) is 64.7 Å². The van der Waals surface area contributed by atoms with E-state index < -0.39 is 5.97 Å². The van der Waals surface area contributed by atoms with E-state index in [0.29, 0.717) is 13.2 Å². The molecule has 0 saturated heterocycles. The van der Waals surface area contributed by atoms with Gasteiger partial charge in [0, 0.05) is 13.7 Å². The second-order valence-corrected chi connectivity index (χ2v) is 5.84. The number of carboxylic acid groups (broad SMARTS) is 1. The lowest BCUT2D eigenvalue weighted by Gasteiger charge is -2.19. The zero-order valence-electron chi connectivity index (χ0n) is 14.1. The molecule has 21 heavy (non-hydrogen) atoms. The van der Waals surface area contributed by atoms with Crippen molar-refractivity contribution in [3.8, 4) is 0 Å². The van der Waals surface area contributed by atoms with Crippen LogP contribution in [-0.4, -0.2) is 49.3 Å². The third-order valence-electron chi connectivity index (χ3n) is 3.80. The van der Waals surface area contributed by atoms with Crippen molar-refractivity contribution in [1.29, 1.82) is 0 Å².